The van der Waals surface area contributed by atoms with E-state index in [9.17, 15) is 0 Å². The van der Waals surface area contributed by atoms with Crippen molar-refractivity contribution in [1.82, 2.24) is 4.98 Å². The van der Waals surface area contributed by atoms with Crippen LogP contribution in [0.15, 0.2) is 71.7 Å². The molecule has 0 bridgehead atoms. The number of hydrogen-bond donors (Lipinski definition) is 0. The molecule has 0 unspecified atom stereocenters. The van der Waals surface area contributed by atoms with Gasteiger partial charge in [-0.1, -0.05) is 65.4 Å². The Labute approximate surface area is 195 Å². The highest BCUT2D eigenvalue weighted by molar-refractivity contribution is 7.19. The van der Waals surface area contributed by atoms with Gasteiger partial charge in [-0.05, 0) is 29.8 Å². The Morgan fingerprint density at radius 1 is 0.844 bits per heavy atom. The third kappa shape index (κ3) is 4.61. The molecule has 1 aromatic heterocycles. The Hall–Kier alpha value is -3.35. The minimum absolute atomic E-state index is 0.540. The van der Waals surface area contributed by atoms with Crippen LogP contribution in [0.2, 0.25) is 5.02 Å². The molecule has 3 aromatic carbocycles. The molecule has 162 valence electrons. The number of rotatable bonds is 7. The van der Waals surface area contributed by atoms with Gasteiger partial charge in [0.15, 0.2) is 11.5 Å². The second kappa shape index (κ2) is 9.85. The number of aromatic nitrogens is 1. The number of halogens is 1. The van der Waals surface area contributed by atoms with Gasteiger partial charge in [0.05, 0.1) is 31.9 Å². The van der Waals surface area contributed by atoms with Crippen molar-refractivity contribution >= 4 is 34.3 Å². The number of thiazole rings is 1. The number of methoxy groups -OCH3 is 3. The minimum atomic E-state index is 0.540. The van der Waals surface area contributed by atoms with E-state index in [1.807, 2.05) is 54.6 Å². The summed E-state index contributed by atoms with van der Waals surface area (Å²) >= 11 is 7.61. The molecule has 0 saturated heterocycles. The lowest BCUT2D eigenvalue weighted by Crippen LogP contribution is -1.96. The summed E-state index contributed by atoms with van der Waals surface area (Å²) in [6.07, 6.45) is 1.74. The summed E-state index contributed by atoms with van der Waals surface area (Å²) in [6.45, 7) is 0. The third-order valence-electron chi connectivity index (χ3n) is 4.78. The van der Waals surface area contributed by atoms with E-state index in [0.29, 0.717) is 27.4 Å². The lowest BCUT2D eigenvalue weighted by Gasteiger charge is -2.12. The fourth-order valence-electron chi connectivity index (χ4n) is 3.26. The Morgan fingerprint density at radius 2 is 1.50 bits per heavy atom. The summed E-state index contributed by atoms with van der Waals surface area (Å²) in [4.78, 5) is 10.5. The second-order valence-corrected chi connectivity index (χ2v) is 8.18. The predicted octanol–water partition coefficient (Wildman–Crippen LogP) is 6.91. The van der Waals surface area contributed by atoms with Crippen LogP contribution < -0.4 is 14.2 Å². The largest absolute Gasteiger partial charge is 0.493 e. The molecule has 0 aliphatic heterocycles. The van der Waals surface area contributed by atoms with Crippen molar-refractivity contribution in [3.05, 3.63) is 77.3 Å². The van der Waals surface area contributed by atoms with Crippen molar-refractivity contribution in [1.29, 1.82) is 0 Å². The fourth-order valence-corrected chi connectivity index (χ4v) is 4.32. The molecule has 4 rings (SSSR count). The van der Waals surface area contributed by atoms with Gasteiger partial charge in [0.25, 0.3) is 0 Å². The second-order valence-electron chi connectivity index (χ2n) is 6.76. The van der Waals surface area contributed by atoms with Crippen LogP contribution in [0.5, 0.6) is 17.2 Å². The molecule has 32 heavy (non-hydrogen) atoms. The van der Waals surface area contributed by atoms with Crippen molar-refractivity contribution in [3.8, 4) is 38.9 Å². The maximum atomic E-state index is 6.08. The van der Waals surface area contributed by atoms with Gasteiger partial charge >= 0.3 is 0 Å². The maximum absolute atomic E-state index is 6.08. The van der Waals surface area contributed by atoms with Gasteiger partial charge in [0.1, 0.15) is 0 Å². The number of nitrogens with zero attached hydrogens (tertiary/aromatic N) is 2. The van der Waals surface area contributed by atoms with Crippen LogP contribution in [-0.4, -0.2) is 32.5 Å². The van der Waals surface area contributed by atoms with Crippen LogP contribution >= 0.6 is 22.9 Å². The van der Waals surface area contributed by atoms with E-state index < -0.39 is 0 Å². The van der Waals surface area contributed by atoms with Crippen LogP contribution in [-0.2, 0) is 0 Å². The van der Waals surface area contributed by atoms with Crippen LogP contribution in [0.4, 0.5) is 5.13 Å². The van der Waals surface area contributed by atoms with Crippen molar-refractivity contribution in [2.24, 2.45) is 4.99 Å². The Morgan fingerprint density at radius 3 is 2.09 bits per heavy atom. The zero-order chi connectivity index (χ0) is 22.5. The van der Waals surface area contributed by atoms with Crippen molar-refractivity contribution in [2.75, 3.05) is 21.3 Å². The zero-order valence-electron chi connectivity index (χ0n) is 17.8. The first-order valence-electron chi connectivity index (χ1n) is 9.79. The summed E-state index contributed by atoms with van der Waals surface area (Å²) in [5.41, 5.74) is 3.75. The zero-order valence-corrected chi connectivity index (χ0v) is 19.4. The smallest absolute Gasteiger partial charge is 0.210 e. The van der Waals surface area contributed by atoms with Crippen LogP contribution in [0.3, 0.4) is 0 Å². The highest BCUT2D eigenvalue weighted by Crippen LogP contribution is 2.41. The van der Waals surface area contributed by atoms with Gasteiger partial charge in [-0.2, -0.15) is 0 Å². The van der Waals surface area contributed by atoms with Crippen LogP contribution in [0.1, 0.15) is 5.56 Å². The monoisotopic (exact) mass is 464 g/mol. The molecule has 5 nitrogen and oxygen atoms in total. The molecular weight excluding hydrogens is 444 g/mol. The third-order valence-corrected chi connectivity index (χ3v) is 6.05. The molecule has 0 N–H and O–H groups in total. The summed E-state index contributed by atoms with van der Waals surface area (Å²) in [7, 11) is 4.75. The lowest BCUT2D eigenvalue weighted by molar-refractivity contribution is 0.324. The number of aliphatic imine (C=N–C) groups is 1. The molecule has 0 amide bonds. The first-order chi connectivity index (χ1) is 15.6. The number of benzene rings is 3. The quantitative estimate of drug-likeness (QED) is 0.279. The Bertz CT molecular complexity index is 1210. The van der Waals surface area contributed by atoms with E-state index >= 15 is 0 Å². The summed E-state index contributed by atoms with van der Waals surface area (Å²) in [6, 6.07) is 21.5. The molecule has 0 radical (unpaired) electrons. The first-order valence-corrected chi connectivity index (χ1v) is 11.0. The van der Waals surface area contributed by atoms with Gasteiger partial charge in [0.2, 0.25) is 10.9 Å². The van der Waals surface area contributed by atoms with Gasteiger partial charge in [-0.15, -0.1) is 0 Å². The Balaban J connectivity index is 1.75. The van der Waals surface area contributed by atoms with E-state index in [1.54, 1.807) is 27.5 Å². The highest BCUT2D eigenvalue weighted by Gasteiger charge is 2.15. The molecule has 0 atom stereocenters. The number of hydrogen-bond acceptors (Lipinski definition) is 6. The fraction of sp³-hybridized carbons (Fsp3) is 0.120. The van der Waals surface area contributed by atoms with Crippen molar-refractivity contribution in [3.63, 3.8) is 0 Å². The van der Waals surface area contributed by atoms with Gasteiger partial charge < -0.3 is 14.2 Å². The normalized spacial score (nSPS) is 11.0. The summed E-state index contributed by atoms with van der Waals surface area (Å²) < 4.78 is 16.2. The van der Waals surface area contributed by atoms with E-state index in [-0.39, 0.29) is 0 Å². The summed E-state index contributed by atoms with van der Waals surface area (Å²) in [5.74, 6) is 1.68. The van der Waals surface area contributed by atoms with Crippen molar-refractivity contribution < 1.29 is 14.2 Å². The van der Waals surface area contributed by atoms with E-state index in [1.165, 1.54) is 11.3 Å². The lowest BCUT2D eigenvalue weighted by atomic mass is 10.1. The molecule has 0 aliphatic rings. The summed E-state index contributed by atoms with van der Waals surface area (Å²) in [5, 5.41) is 1.33. The van der Waals surface area contributed by atoms with E-state index in [2.05, 4.69) is 17.1 Å². The maximum Gasteiger partial charge on any atom is 0.210 e. The van der Waals surface area contributed by atoms with Gasteiger partial charge in [-0.25, -0.2) is 9.98 Å². The van der Waals surface area contributed by atoms with Crippen molar-refractivity contribution in [2.45, 2.75) is 0 Å². The molecular formula is C25H21ClN2O3S. The molecule has 1 heterocycles. The Kier molecular flexibility index (Phi) is 6.73. The number of ether oxygens (including phenoxy) is 3. The van der Waals surface area contributed by atoms with Crippen LogP contribution in [0, 0.1) is 0 Å². The average molecular weight is 465 g/mol. The topological polar surface area (TPSA) is 52.9 Å². The first kappa shape index (κ1) is 21.9. The van der Waals surface area contributed by atoms with Crippen LogP contribution in [0.25, 0.3) is 21.7 Å². The van der Waals surface area contributed by atoms with E-state index in [4.69, 9.17) is 30.8 Å². The molecule has 0 fully saturated rings. The SMILES string of the molecule is COc1cc(C=Nc2nc(-c3ccc(Cl)cc3)c(-c3ccccc3)s2)cc(OC)c1OC. The molecule has 0 aliphatic carbocycles. The van der Waals surface area contributed by atoms with Gasteiger partial charge in [0, 0.05) is 22.4 Å². The molecule has 7 heteroatoms. The average Bonchev–Trinajstić information content (AvgIpc) is 3.27. The minimum Gasteiger partial charge on any atom is -0.493 e. The molecule has 0 saturated carbocycles. The molecule has 4 aromatic rings. The molecule has 0 spiro atoms. The van der Waals surface area contributed by atoms with E-state index in [0.717, 1.165) is 27.3 Å². The predicted molar refractivity (Wildman–Crippen MR) is 131 cm³/mol. The highest BCUT2D eigenvalue weighted by atomic mass is 35.5. The van der Waals surface area contributed by atoms with Gasteiger partial charge in [-0.3, -0.25) is 0 Å². The standard InChI is InChI=1S/C25H21ClN2O3S/c1-29-20-13-16(14-21(30-2)23(20)31-3)15-27-25-28-22(17-9-11-19(26)12-10-17)24(32-25)18-7-5-4-6-8-18/h4-15H,1-3H3.